The van der Waals surface area contributed by atoms with Gasteiger partial charge in [-0.3, -0.25) is 4.57 Å². The van der Waals surface area contributed by atoms with Gasteiger partial charge in [0.25, 0.3) is 0 Å². The third kappa shape index (κ3) is 5.51. The van der Waals surface area contributed by atoms with Crippen molar-refractivity contribution in [1.82, 2.24) is 0 Å². The predicted molar refractivity (Wildman–Crippen MR) is 142 cm³/mol. The highest BCUT2D eigenvalue weighted by molar-refractivity contribution is 7.72. The average Bonchev–Trinajstić information content (AvgIpc) is 2.85. The second-order valence-corrected chi connectivity index (χ2v) is 10.3. The summed E-state index contributed by atoms with van der Waals surface area (Å²) in [7, 11) is -1.76. The van der Waals surface area contributed by atoms with Crippen LogP contribution in [0.5, 0.6) is 5.75 Å². The quantitative estimate of drug-likeness (QED) is 0.261. The van der Waals surface area contributed by atoms with Crippen LogP contribution in [0.15, 0.2) is 109 Å². The SMILES string of the molecule is COc1ccc(NP(=O)(C=C(Cl)c2ccccc2)/C=C(/Cl)c2ccccc2)c2ccccc12. The van der Waals surface area contributed by atoms with E-state index in [9.17, 15) is 4.57 Å². The molecule has 1 N–H and O–H groups in total. The van der Waals surface area contributed by atoms with E-state index in [0.29, 0.717) is 15.8 Å². The van der Waals surface area contributed by atoms with Gasteiger partial charge in [0, 0.05) is 28.1 Å². The largest absolute Gasteiger partial charge is 0.496 e. The van der Waals surface area contributed by atoms with Gasteiger partial charge >= 0.3 is 0 Å². The molecule has 3 nitrogen and oxygen atoms in total. The summed E-state index contributed by atoms with van der Waals surface area (Å²) in [6, 6.07) is 30.3. The molecular weight excluding hydrogens is 472 g/mol. The normalized spacial score (nSPS) is 14.0. The second kappa shape index (κ2) is 10.3. The highest BCUT2D eigenvalue weighted by atomic mass is 35.5. The maximum absolute atomic E-state index is 14.3. The van der Waals surface area contributed by atoms with Crippen molar-refractivity contribution >= 4 is 57.0 Å². The summed E-state index contributed by atoms with van der Waals surface area (Å²) < 4.78 is 19.8. The third-order valence-corrected chi connectivity index (χ3v) is 7.94. The summed E-state index contributed by atoms with van der Waals surface area (Å²) in [4.78, 5) is 0. The number of methoxy groups -OCH3 is 1. The molecule has 1 unspecified atom stereocenters. The minimum Gasteiger partial charge on any atom is -0.496 e. The zero-order valence-electron chi connectivity index (χ0n) is 17.9. The first-order valence-electron chi connectivity index (χ1n) is 10.3. The molecule has 0 radical (unpaired) electrons. The van der Waals surface area contributed by atoms with Crippen LogP contribution in [0.3, 0.4) is 0 Å². The Balaban J connectivity index is 1.83. The summed E-state index contributed by atoms with van der Waals surface area (Å²) >= 11 is 13.2. The second-order valence-electron chi connectivity index (χ2n) is 7.37. The van der Waals surface area contributed by atoms with E-state index < -0.39 is 7.29 Å². The van der Waals surface area contributed by atoms with E-state index in [2.05, 4.69) is 5.09 Å². The van der Waals surface area contributed by atoms with E-state index in [1.54, 1.807) is 18.7 Å². The van der Waals surface area contributed by atoms with Gasteiger partial charge in [-0.05, 0) is 23.3 Å². The summed E-state index contributed by atoms with van der Waals surface area (Å²) in [6.45, 7) is 0. The van der Waals surface area contributed by atoms with Crippen LogP contribution in [-0.2, 0) is 4.57 Å². The number of anilines is 1. The molecule has 0 fully saturated rings. The van der Waals surface area contributed by atoms with Crippen molar-refractivity contribution in [1.29, 1.82) is 0 Å². The van der Waals surface area contributed by atoms with Crippen LogP contribution >= 0.6 is 30.5 Å². The van der Waals surface area contributed by atoms with Crippen molar-refractivity contribution in [2.75, 3.05) is 12.2 Å². The molecule has 4 aromatic carbocycles. The van der Waals surface area contributed by atoms with Crippen LogP contribution in [-0.4, -0.2) is 7.11 Å². The van der Waals surface area contributed by atoms with Crippen molar-refractivity contribution in [3.05, 3.63) is 120 Å². The smallest absolute Gasteiger partial charge is 0.216 e. The van der Waals surface area contributed by atoms with Gasteiger partial charge in [-0.25, -0.2) is 0 Å². The summed E-state index contributed by atoms with van der Waals surface area (Å²) in [5.74, 6) is 3.84. The van der Waals surface area contributed by atoms with E-state index in [-0.39, 0.29) is 0 Å². The Morgan fingerprint density at radius 2 is 1.21 bits per heavy atom. The monoisotopic (exact) mass is 493 g/mol. The summed E-state index contributed by atoms with van der Waals surface area (Å²) in [6.07, 6.45) is 0. The lowest BCUT2D eigenvalue weighted by atomic mass is 10.1. The number of hydrogen-bond donors (Lipinski definition) is 1. The summed E-state index contributed by atoms with van der Waals surface area (Å²) in [5.41, 5.74) is 2.23. The Morgan fingerprint density at radius 1 is 0.727 bits per heavy atom. The number of benzene rings is 4. The van der Waals surface area contributed by atoms with E-state index in [4.69, 9.17) is 27.9 Å². The van der Waals surface area contributed by atoms with Gasteiger partial charge in [-0.2, -0.15) is 0 Å². The van der Waals surface area contributed by atoms with Crippen LogP contribution in [0.4, 0.5) is 5.69 Å². The topological polar surface area (TPSA) is 38.3 Å². The number of rotatable bonds is 7. The number of nitrogens with one attached hydrogen (secondary N) is 1. The molecule has 0 heterocycles. The van der Waals surface area contributed by atoms with Crippen LogP contribution in [0.2, 0.25) is 0 Å². The van der Waals surface area contributed by atoms with Crippen LogP contribution < -0.4 is 9.82 Å². The Labute approximate surface area is 203 Å². The van der Waals surface area contributed by atoms with Crippen LogP contribution in [0, 0.1) is 0 Å². The Bertz CT molecular complexity index is 1310. The van der Waals surface area contributed by atoms with E-state index in [0.717, 1.165) is 27.6 Å². The van der Waals surface area contributed by atoms with Gasteiger partial charge in [0.15, 0.2) is 0 Å². The first kappa shape index (κ1) is 23.2. The van der Waals surface area contributed by atoms with Crippen molar-refractivity contribution in [2.24, 2.45) is 0 Å². The molecule has 0 aliphatic rings. The van der Waals surface area contributed by atoms with Gasteiger partial charge in [-0.15, -0.1) is 0 Å². The molecule has 33 heavy (non-hydrogen) atoms. The Kier molecular flexibility index (Phi) is 7.25. The molecule has 6 heteroatoms. The molecule has 1 atom stereocenters. The van der Waals surface area contributed by atoms with Crippen molar-refractivity contribution < 1.29 is 9.30 Å². The van der Waals surface area contributed by atoms with Gasteiger partial charge in [0.05, 0.1) is 17.2 Å². The molecule has 0 bridgehead atoms. The Morgan fingerprint density at radius 3 is 1.73 bits per heavy atom. The standard InChI is InChI=1S/C27H22Cl2NO2P/c1-32-27-17-16-26(22-14-8-9-15-23(22)27)30-33(31,18-24(28)20-10-4-2-5-11-20)19-25(29)21-12-6-3-7-13-21/h2-19H,1H3,(H,30,31)/b24-18+,25-19?. The molecule has 0 amide bonds. The number of hydrogen-bond acceptors (Lipinski definition) is 2. The lowest BCUT2D eigenvalue weighted by molar-refractivity contribution is 0.420. The predicted octanol–water partition coefficient (Wildman–Crippen LogP) is 9.01. The van der Waals surface area contributed by atoms with Crippen LogP contribution in [0.1, 0.15) is 11.1 Å². The van der Waals surface area contributed by atoms with Gasteiger partial charge in [-0.1, -0.05) is 108 Å². The van der Waals surface area contributed by atoms with Crippen molar-refractivity contribution in [3.63, 3.8) is 0 Å². The zero-order chi connectivity index (χ0) is 23.3. The first-order chi connectivity index (χ1) is 16.0. The van der Waals surface area contributed by atoms with Crippen molar-refractivity contribution in [2.45, 2.75) is 0 Å². The first-order valence-corrected chi connectivity index (χ1v) is 12.9. The van der Waals surface area contributed by atoms with Gasteiger partial charge < -0.3 is 9.82 Å². The van der Waals surface area contributed by atoms with Gasteiger partial charge in [0.2, 0.25) is 7.29 Å². The van der Waals surface area contributed by atoms with E-state index in [1.165, 1.54) is 0 Å². The van der Waals surface area contributed by atoms with E-state index >= 15 is 0 Å². The maximum Gasteiger partial charge on any atom is 0.216 e. The Hall–Kier alpha value is -2.97. The molecule has 166 valence electrons. The van der Waals surface area contributed by atoms with Crippen molar-refractivity contribution in [3.8, 4) is 5.75 Å². The molecule has 0 saturated heterocycles. The summed E-state index contributed by atoms with van der Waals surface area (Å²) in [5, 5.41) is 5.77. The highest BCUT2D eigenvalue weighted by Gasteiger charge is 2.21. The fraction of sp³-hybridized carbons (Fsp3) is 0.0370. The van der Waals surface area contributed by atoms with E-state index in [1.807, 2.05) is 97.1 Å². The molecule has 0 aliphatic carbocycles. The lowest BCUT2D eigenvalue weighted by Gasteiger charge is -2.18. The number of fused-ring (bicyclic) bond motifs is 1. The molecule has 0 saturated carbocycles. The van der Waals surface area contributed by atoms with Crippen LogP contribution in [0.25, 0.3) is 20.8 Å². The molecule has 0 aromatic heterocycles. The number of halogens is 2. The zero-order valence-corrected chi connectivity index (χ0v) is 20.3. The number of ether oxygens (including phenoxy) is 1. The average molecular weight is 494 g/mol. The molecule has 0 aliphatic heterocycles. The molecule has 0 spiro atoms. The lowest BCUT2D eigenvalue weighted by Crippen LogP contribution is -1.96. The fourth-order valence-corrected chi connectivity index (χ4v) is 6.39. The highest BCUT2D eigenvalue weighted by Crippen LogP contribution is 2.54. The fourth-order valence-electron chi connectivity index (χ4n) is 3.52. The molecular formula is C27H22Cl2NO2P. The minimum absolute atomic E-state index is 0.373. The van der Waals surface area contributed by atoms with Gasteiger partial charge in [0.1, 0.15) is 5.75 Å². The maximum atomic E-state index is 14.3. The molecule has 4 rings (SSSR count). The minimum atomic E-state index is -3.39. The third-order valence-electron chi connectivity index (χ3n) is 5.11. The molecule has 4 aromatic rings.